The molecule has 1 radical (unpaired) electrons. The van der Waals surface area contributed by atoms with Crippen LogP contribution in [0.3, 0.4) is 0 Å². The van der Waals surface area contributed by atoms with Crippen LogP contribution in [0.15, 0.2) is 109 Å². The smallest absolute Gasteiger partial charge is 0.140 e. The molecule has 7 aromatic rings. The minimum Gasteiger partial charge on any atom is -0.294 e. The third-order valence-corrected chi connectivity index (χ3v) is 6.28. The maximum Gasteiger partial charge on any atom is 0.140 e. The van der Waals surface area contributed by atoms with Crippen LogP contribution < -0.4 is 0 Å². The Hall–Kier alpha value is -4.37. The number of pyridine rings is 1. The predicted molar refractivity (Wildman–Crippen MR) is 132 cm³/mol. The molecule has 4 aromatic carbocycles. The molecule has 3 heteroatoms. The summed E-state index contributed by atoms with van der Waals surface area (Å²) in [4.78, 5) is 5.17. The van der Waals surface area contributed by atoms with Crippen LogP contribution in [0.1, 0.15) is 0 Å². The summed E-state index contributed by atoms with van der Waals surface area (Å²) >= 11 is 0. The molecule has 0 unspecified atom stereocenters. The van der Waals surface area contributed by atoms with Crippen molar-refractivity contribution in [1.82, 2.24) is 14.1 Å². The summed E-state index contributed by atoms with van der Waals surface area (Å²) in [5, 5.41) is 4.88. The Morgan fingerprint density at radius 1 is 0.469 bits per heavy atom. The van der Waals surface area contributed by atoms with E-state index in [1.807, 2.05) is 6.07 Å². The number of para-hydroxylation sites is 3. The van der Waals surface area contributed by atoms with Crippen LogP contribution in [0.2, 0.25) is 0 Å². The van der Waals surface area contributed by atoms with Crippen molar-refractivity contribution in [3.05, 3.63) is 115 Å². The number of benzene rings is 4. The highest BCUT2D eigenvalue weighted by Crippen LogP contribution is 2.33. The molecule has 0 aliphatic heterocycles. The van der Waals surface area contributed by atoms with Crippen molar-refractivity contribution in [2.45, 2.75) is 0 Å². The first-order chi connectivity index (χ1) is 15.9. The van der Waals surface area contributed by atoms with Gasteiger partial charge in [0.1, 0.15) is 11.6 Å². The molecular formula is C29H18N3. The van der Waals surface area contributed by atoms with E-state index < -0.39 is 0 Å². The summed E-state index contributed by atoms with van der Waals surface area (Å²) in [7, 11) is 0. The minimum absolute atomic E-state index is 0.904. The summed E-state index contributed by atoms with van der Waals surface area (Å²) in [6.07, 6.45) is 0. The van der Waals surface area contributed by atoms with E-state index in [2.05, 4.69) is 118 Å². The van der Waals surface area contributed by atoms with Gasteiger partial charge in [-0.3, -0.25) is 9.13 Å². The third-order valence-electron chi connectivity index (χ3n) is 6.28. The van der Waals surface area contributed by atoms with Gasteiger partial charge in [-0.25, -0.2) is 4.98 Å². The number of aromatic nitrogens is 3. The highest BCUT2D eigenvalue weighted by atomic mass is 15.1. The van der Waals surface area contributed by atoms with Gasteiger partial charge in [-0.2, -0.15) is 0 Å². The molecule has 7 rings (SSSR count). The minimum atomic E-state index is 0.904. The van der Waals surface area contributed by atoms with Gasteiger partial charge in [0.05, 0.1) is 22.1 Å². The first kappa shape index (κ1) is 17.3. The van der Waals surface area contributed by atoms with E-state index in [-0.39, 0.29) is 0 Å². The molecule has 0 bridgehead atoms. The second kappa shape index (κ2) is 6.56. The topological polar surface area (TPSA) is 22.8 Å². The highest BCUT2D eigenvalue weighted by Gasteiger charge is 2.15. The van der Waals surface area contributed by atoms with Gasteiger partial charge < -0.3 is 0 Å². The van der Waals surface area contributed by atoms with E-state index in [9.17, 15) is 0 Å². The molecule has 3 nitrogen and oxygen atoms in total. The van der Waals surface area contributed by atoms with E-state index in [1.54, 1.807) is 0 Å². The molecule has 0 amide bonds. The lowest BCUT2D eigenvalue weighted by atomic mass is 10.2. The van der Waals surface area contributed by atoms with Gasteiger partial charge >= 0.3 is 0 Å². The maximum atomic E-state index is 5.17. The fraction of sp³-hybridized carbons (Fsp3) is 0. The molecule has 149 valence electrons. The van der Waals surface area contributed by atoms with Gasteiger partial charge in [0.2, 0.25) is 0 Å². The van der Waals surface area contributed by atoms with Crippen LogP contribution >= 0.6 is 0 Å². The van der Waals surface area contributed by atoms with E-state index in [4.69, 9.17) is 4.98 Å². The van der Waals surface area contributed by atoms with Crippen LogP contribution in [-0.2, 0) is 0 Å². The number of rotatable bonds is 2. The predicted octanol–water partition coefficient (Wildman–Crippen LogP) is 7.08. The summed E-state index contributed by atoms with van der Waals surface area (Å²) < 4.78 is 4.51. The second-order valence-electron chi connectivity index (χ2n) is 8.02. The number of hydrogen-bond acceptors (Lipinski definition) is 1. The van der Waals surface area contributed by atoms with Crippen LogP contribution in [0.25, 0.3) is 55.2 Å². The lowest BCUT2D eigenvalue weighted by Crippen LogP contribution is -2.02. The molecule has 0 fully saturated rings. The van der Waals surface area contributed by atoms with Crippen LogP contribution in [0.4, 0.5) is 0 Å². The van der Waals surface area contributed by atoms with Crippen molar-refractivity contribution in [2.24, 2.45) is 0 Å². The molecule has 0 aliphatic rings. The van der Waals surface area contributed by atoms with Crippen LogP contribution in [-0.4, -0.2) is 14.1 Å². The van der Waals surface area contributed by atoms with Gasteiger partial charge in [0.25, 0.3) is 0 Å². The molecule has 0 aliphatic carbocycles. The molecular weight excluding hydrogens is 390 g/mol. The standard InChI is InChI=1S/C29H18N3/c1-5-14-24-20(10-1)21-11-2-6-15-25(21)31(24)28-18-9-19-29(30-28)32-26-16-7-3-12-22(26)23-13-4-8-17-27(23)32/h1-3,5-19H. The quantitative estimate of drug-likeness (QED) is 0.300. The van der Waals surface area contributed by atoms with Crippen molar-refractivity contribution in [3.8, 4) is 11.6 Å². The summed E-state index contributed by atoms with van der Waals surface area (Å²) in [6.45, 7) is 0. The third kappa shape index (κ3) is 2.33. The largest absolute Gasteiger partial charge is 0.294 e. The van der Waals surface area contributed by atoms with Gasteiger partial charge in [0.15, 0.2) is 0 Å². The summed E-state index contributed by atoms with van der Waals surface area (Å²) in [6, 6.07) is 41.2. The Balaban J connectivity index is 1.55. The first-order valence-electron chi connectivity index (χ1n) is 10.8. The Labute approximate surface area is 184 Å². The van der Waals surface area contributed by atoms with Gasteiger partial charge in [-0.1, -0.05) is 66.7 Å². The van der Waals surface area contributed by atoms with Gasteiger partial charge in [0, 0.05) is 21.5 Å². The fourth-order valence-electron chi connectivity index (χ4n) is 4.94. The van der Waals surface area contributed by atoms with Gasteiger partial charge in [-0.05, 0) is 48.5 Å². The first-order valence-corrected chi connectivity index (χ1v) is 10.8. The molecule has 3 heterocycles. The maximum absolute atomic E-state index is 5.17. The Morgan fingerprint density at radius 2 is 0.938 bits per heavy atom. The van der Waals surface area contributed by atoms with Gasteiger partial charge in [-0.15, -0.1) is 0 Å². The van der Waals surface area contributed by atoms with Crippen LogP contribution in [0, 0.1) is 6.07 Å². The fourth-order valence-corrected chi connectivity index (χ4v) is 4.94. The van der Waals surface area contributed by atoms with E-state index in [0.29, 0.717) is 0 Å². The zero-order valence-corrected chi connectivity index (χ0v) is 17.2. The van der Waals surface area contributed by atoms with Crippen molar-refractivity contribution in [3.63, 3.8) is 0 Å². The average Bonchev–Trinajstić information content (AvgIpc) is 3.37. The lowest BCUT2D eigenvalue weighted by molar-refractivity contribution is 1.01. The summed E-state index contributed by atoms with van der Waals surface area (Å²) in [5.41, 5.74) is 4.61. The van der Waals surface area contributed by atoms with Crippen molar-refractivity contribution < 1.29 is 0 Å². The Kier molecular flexibility index (Phi) is 3.55. The Morgan fingerprint density at radius 3 is 1.50 bits per heavy atom. The van der Waals surface area contributed by atoms with Crippen molar-refractivity contribution in [2.75, 3.05) is 0 Å². The molecule has 0 atom stereocenters. The molecule has 32 heavy (non-hydrogen) atoms. The number of fused-ring (bicyclic) bond motifs is 6. The summed E-state index contributed by atoms with van der Waals surface area (Å²) in [5.74, 6) is 1.81. The molecule has 0 saturated heterocycles. The van der Waals surface area contributed by atoms with E-state index in [0.717, 1.165) is 33.7 Å². The lowest BCUT2D eigenvalue weighted by Gasteiger charge is -2.11. The zero-order chi connectivity index (χ0) is 21.1. The molecule has 0 N–H and O–H groups in total. The van der Waals surface area contributed by atoms with E-state index in [1.165, 1.54) is 21.5 Å². The SMILES string of the molecule is [c]1ccc2c(c1)c1ccccc1n2-c1cccc(-n2c3ccccc3c3ccccc32)n1. The molecule has 0 spiro atoms. The van der Waals surface area contributed by atoms with Crippen molar-refractivity contribution >= 4 is 43.6 Å². The van der Waals surface area contributed by atoms with Crippen molar-refractivity contribution in [1.29, 1.82) is 0 Å². The average molecular weight is 408 g/mol. The highest BCUT2D eigenvalue weighted by molar-refractivity contribution is 6.10. The van der Waals surface area contributed by atoms with E-state index >= 15 is 0 Å². The molecule has 0 saturated carbocycles. The monoisotopic (exact) mass is 408 g/mol. The molecule has 3 aromatic heterocycles. The van der Waals surface area contributed by atoms with Crippen LogP contribution in [0.5, 0.6) is 0 Å². The zero-order valence-electron chi connectivity index (χ0n) is 17.2. The second-order valence-corrected chi connectivity index (χ2v) is 8.02. The normalized spacial score (nSPS) is 11.8. The number of hydrogen-bond donors (Lipinski definition) is 0. The Bertz CT molecular complexity index is 1550. The number of nitrogens with zero attached hydrogens (tertiary/aromatic N) is 3.